The molecule has 178 valence electrons. The minimum Gasteiger partial charge on any atom is -0.486 e. The van der Waals surface area contributed by atoms with Gasteiger partial charge in [-0.2, -0.15) is 0 Å². The maximum Gasteiger partial charge on any atom is 0.325 e. The van der Waals surface area contributed by atoms with E-state index in [-0.39, 0.29) is 11.7 Å². The summed E-state index contributed by atoms with van der Waals surface area (Å²) in [4.78, 5) is 24.6. The number of benzene rings is 2. The first kappa shape index (κ1) is 23.6. The summed E-state index contributed by atoms with van der Waals surface area (Å²) in [5.74, 6) is 0.794. The maximum atomic E-state index is 14.3. The molecule has 0 radical (unpaired) electrons. The van der Waals surface area contributed by atoms with Gasteiger partial charge in [0.15, 0.2) is 22.5 Å². The summed E-state index contributed by atoms with van der Waals surface area (Å²) in [5.41, 5.74) is 0.805. The normalized spacial score (nSPS) is 12.5. The molecule has 1 aliphatic heterocycles. The molecule has 3 amide bonds. The van der Waals surface area contributed by atoms with Crippen LogP contribution in [-0.2, 0) is 11.3 Å². The molecule has 0 unspecified atom stereocenters. The molecule has 11 heteroatoms. The summed E-state index contributed by atoms with van der Waals surface area (Å²) < 4.78 is 27.0. The number of carbonyl (C=O) groups is 2. The highest BCUT2D eigenvalue weighted by Gasteiger charge is 2.19. The quantitative estimate of drug-likeness (QED) is 0.488. The van der Waals surface area contributed by atoms with Crippen molar-refractivity contribution in [2.45, 2.75) is 25.5 Å². The Morgan fingerprint density at radius 3 is 2.65 bits per heavy atom. The zero-order valence-electron chi connectivity index (χ0n) is 18.7. The highest BCUT2D eigenvalue weighted by molar-refractivity contribution is 7.99. The van der Waals surface area contributed by atoms with Gasteiger partial charge >= 0.3 is 6.03 Å². The van der Waals surface area contributed by atoms with Gasteiger partial charge in [-0.3, -0.25) is 10.1 Å². The number of fused-ring (bicyclic) bond motifs is 1. The number of rotatable bonds is 7. The number of nitrogens with one attached hydrogen (secondary N) is 2. The molecule has 0 saturated heterocycles. The smallest absolute Gasteiger partial charge is 0.325 e. The van der Waals surface area contributed by atoms with Crippen molar-refractivity contribution < 1.29 is 23.5 Å². The van der Waals surface area contributed by atoms with Crippen LogP contribution in [-0.4, -0.2) is 45.7 Å². The van der Waals surface area contributed by atoms with Gasteiger partial charge in [-0.25, -0.2) is 9.18 Å². The Kier molecular flexibility index (Phi) is 7.31. The molecule has 3 aromatic rings. The molecule has 2 aromatic carbocycles. The molecule has 0 aliphatic carbocycles. The van der Waals surface area contributed by atoms with Gasteiger partial charge in [0.05, 0.1) is 11.3 Å². The third-order valence-electron chi connectivity index (χ3n) is 4.76. The number of thioether (sulfide) groups is 1. The van der Waals surface area contributed by atoms with Crippen LogP contribution in [0.4, 0.5) is 14.9 Å². The molecule has 2 N–H and O–H groups in total. The van der Waals surface area contributed by atoms with Crippen LogP contribution >= 0.6 is 11.8 Å². The minimum absolute atomic E-state index is 0.0674. The van der Waals surface area contributed by atoms with E-state index >= 15 is 0 Å². The molecule has 0 fully saturated rings. The van der Waals surface area contributed by atoms with Gasteiger partial charge < -0.3 is 19.4 Å². The van der Waals surface area contributed by atoms with E-state index in [2.05, 4.69) is 20.8 Å². The summed E-state index contributed by atoms with van der Waals surface area (Å²) in [7, 11) is 0. The second-order valence-corrected chi connectivity index (χ2v) is 8.88. The predicted molar refractivity (Wildman–Crippen MR) is 126 cm³/mol. The second-order valence-electron chi connectivity index (χ2n) is 7.94. The third-order valence-corrected chi connectivity index (χ3v) is 5.73. The summed E-state index contributed by atoms with van der Waals surface area (Å²) in [5, 5.41) is 13.7. The van der Waals surface area contributed by atoms with Crippen molar-refractivity contribution in [2.75, 3.05) is 24.3 Å². The summed E-state index contributed by atoms with van der Waals surface area (Å²) in [6, 6.07) is 10.7. The fourth-order valence-corrected chi connectivity index (χ4v) is 4.09. The van der Waals surface area contributed by atoms with Gasteiger partial charge in [0.2, 0.25) is 5.91 Å². The highest BCUT2D eigenvalue weighted by atomic mass is 32.2. The van der Waals surface area contributed by atoms with Crippen molar-refractivity contribution in [3.63, 3.8) is 0 Å². The number of aromatic nitrogens is 3. The van der Waals surface area contributed by atoms with Crippen molar-refractivity contribution in [2.24, 2.45) is 5.92 Å². The third kappa shape index (κ3) is 5.66. The van der Waals surface area contributed by atoms with Gasteiger partial charge in [-0.1, -0.05) is 37.7 Å². The number of halogens is 1. The zero-order chi connectivity index (χ0) is 24.1. The zero-order valence-corrected chi connectivity index (χ0v) is 19.5. The van der Waals surface area contributed by atoms with E-state index in [1.165, 1.54) is 6.07 Å². The molecule has 1 aliphatic rings. The number of hydrogen-bond acceptors (Lipinski definition) is 7. The van der Waals surface area contributed by atoms with E-state index < -0.39 is 17.8 Å². The molecule has 4 rings (SSSR count). The molecule has 0 spiro atoms. The first-order chi connectivity index (χ1) is 16.4. The average molecular weight is 486 g/mol. The Hall–Kier alpha value is -3.60. The van der Waals surface area contributed by atoms with Gasteiger partial charge in [0.25, 0.3) is 0 Å². The number of carbonyl (C=O) groups excluding carboxylic acids is 2. The van der Waals surface area contributed by atoms with Crippen molar-refractivity contribution in [1.82, 2.24) is 20.1 Å². The number of hydrogen-bond donors (Lipinski definition) is 2. The molecule has 2 heterocycles. The lowest BCUT2D eigenvalue weighted by atomic mass is 10.2. The van der Waals surface area contributed by atoms with Crippen LogP contribution in [0.15, 0.2) is 47.6 Å². The largest absolute Gasteiger partial charge is 0.486 e. The monoisotopic (exact) mass is 485 g/mol. The Bertz CT molecular complexity index is 1200. The average Bonchev–Trinajstić information content (AvgIpc) is 3.19. The number of anilines is 1. The molecular weight excluding hydrogens is 461 g/mol. The van der Waals surface area contributed by atoms with Gasteiger partial charge in [-0.15, -0.1) is 10.2 Å². The van der Waals surface area contributed by atoms with Crippen LogP contribution in [0.25, 0.3) is 11.4 Å². The van der Waals surface area contributed by atoms with Crippen molar-refractivity contribution in [3.05, 3.63) is 48.3 Å². The van der Waals surface area contributed by atoms with Crippen LogP contribution < -0.4 is 20.1 Å². The maximum absolute atomic E-state index is 14.3. The van der Waals surface area contributed by atoms with Crippen LogP contribution in [0, 0.1) is 11.7 Å². The van der Waals surface area contributed by atoms with E-state index in [9.17, 15) is 14.0 Å². The predicted octanol–water partition coefficient (Wildman–Crippen LogP) is 3.95. The fourth-order valence-electron chi connectivity index (χ4n) is 3.34. The van der Waals surface area contributed by atoms with Crippen LogP contribution in [0.1, 0.15) is 13.8 Å². The minimum atomic E-state index is -0.669. The van der Waals surface area contributed by atoms with E-state index in [4.69, 9.17) is 9.47 Å². The number of nitrogens with zero attached hydrogens (tertiary/aromatic N) is 3. The SMILES string of the molecule is CC(C)Cn1c(SCC(=O)NC(=O)Nc2ccc3c(c2)OCCO3)nnc1-c1ccccc1F. The lowest BCUT2D eigenvalue weighted by Gasteiger charge is -2.19. The molecule has 0 saturated carbocycles. The van der Waals surface area contributed by atoms with Gasteiger partial charge in [0, 0.05) is 18.3 Å². The lowest BCUT2D eigenvalue weighted by molar-refractivity contribution is -0.117. The molecule has 34 heavy (non-hydrogen) atoms. The van der Waals surface area contributed by atoms with E-state index in [0.717, 1.165) is 11.8 Å². The van der Waals surface area contributed by atoms with Gasteiger partial charge in [0.1, 0.15) is 19.0 Å². The Morgan fingerprint density at radius 1 is 1.12 bits per heavy atom. The van der Waals surface area contributed by atoms with Crippen LogP contribution in [0.5, 0.6) is 11.5 Å². The lowest BCUT2D eigenvalue weighted by Crippen LogP contribution is -2.35. The molecule has 0 bridgehead atoms. The number of ether oxygens (including phenoxy) is 2. The fraction of sp³-hybridized carbons (Fsp3) is 0.304. The molecule has 9 nitrogen and oxygen atoms in total. The Morgan fingerprint density at radius 2 is 1.88 bits per heavy atom. The highest BCUT2D eigenvalue weighted by Crippen LogP contribution is 2.32. The molecule has 0 atom stereocenters. The first-order valence-corrected chi connectivity index (χ1v) is 11.7. The Balaban J connectivity index is 1.38. The first-order valence-electron chi connectivity index (χ1n) is 10.7. The summed E-state index contributed by atoms with van der Waals surface area (Å²) >= 11 is 1.12. The van der Waals surface area contributed by atoms with Crippen molar-refractivity contribution in [1.29, 1.82) is 0 Å². The van der Waals surface area contributed by atoms with Crippen molar-refractivity contribution in [3.8, 4) is 22.9 Å². The van der Waals surface area contributed by atoms with Gasteiger partial charge in [-0.05, 0) is 30.2 Å². The standard InChI is InChI=1S/C23H24FN5O4S/c1-14(2)12-29-21(16-5-3-4-6-17(16)24)27-28-23(29)34-13-20(30)26-22(31)25-15-7-8-18-19(11-15)33-10-9-32-18/h3-8,11,14H,9-10,12-13H2,1-2H3,(H2,25,26,30,31). The molecule has 1 aromatic heterocycles. The summed E-state index contributed by atoms with van der Waals surface area (Å²) in [6.45, 7) is 5.49. The number of urea groups is 1. The van der Waals surface area contributed by atoms with Crippen LogP contribution in [0.2, 0.25) is 0 Å². The summed E-state index contributed by atoms with van der Waals surface area (Å²) in [6.07, 6.45) is 0. The van der Waals surface area contributed by atoms with E-state index in [1.54, 1.807) is 41.0 Å². The number of imide groups is 1. The van der Waals surface area contributed by atoms with Crippen molar-refractivity contribution >= 4 is 29.4 Å². The topological polar surface area (TPSA) is 107 Å². The van der Waals surface area contributed by atoms with Crippen LogP contribution in [0.3, 0.4) is 0 Å². The number of amides is 3. The molecular formula is C23H24FN5O4S. The van der Waals surface area contributed by atoms with E-state index in [1.807, 2.05) is 13.8 Å². The van der Waals surface area contributed by atoms with E-state index in [0.29, 0.717) is 53.5 Å². The Labute approximate surface area is 200 Å². The second kappa shape index (κ2) is 10.6.